The van der Waals surface area contributed by atoms with E-state index in [0.717, 1.165) is 29.1 Å². The molecule has 25 heavy (non-hydrogen) atoms. The smallest absolute Gasteiger partial charge is 0.302 e. The lowest BCUT2D eigenvalue weighted by Crippen LogP contribution is -2.37. The summed E-state index contributed by atoms with van der Waals surface area (Å²) in [5, 5.41) is 4.21. The maximum atomic E-state index is 12.3. The normalized spacial score (nSPS) is 11.6. The van der Waals surface area contributed by atoms with E-state index in [0.29, 0.717) is 5.78 Å². The van der Waals surface area contributed by atoms with E-state index in [2.05, 4.69) is 25.9 Å². The molecule has 0 aliphatic heterocycles. The minimum atomic E-state index is -0.407. The fourth-order valence-corrected chi connectivity index (χ4v) is 2.43. The van der Waals surface area contributed by atoms with E-state index >= 15 is 0 Å². The molecule has 2 aromatic heterocycles. The van der Waals surface area contributed by atoms with Gasteiger partial charge in [-0.15, -0.1) is 5.10 Å². The third-order valence-corrected chi connectivity index (χ3v) is 3.68. The van der Waals surface area contributed by atoms with Gasteiger partial charge in [0.1, 0.15) is 0 Å². The summed E-state index contributed by atoms with van der Waals surface area (Å²) in [5.41, 5.74) is 9.23. The average Bonchev–Trinajstić information content (AvgIpc) is 3.03. The Hall–Kier alpha value is -3.22. The number of hydrazine groups is 1. The Bertz CT molecular complexity index is 929. The van der Waals surface area contributed by atoms with Crippen LogP contribution in [0.1, 0.15) is 40.9 Å². The van der Waals surface area contributed by atoms with Crippen molar-refractivity contribution in [3.05, 3.63) is 64.9 Å². The minimum absolute atomic E-state index is 0.0730. The monoisotopic (exact) mass is 336 g/mol. The Morgan fingerprint density at radius 1 is 1.16 bits per heavy atom. The standard InChI is InChI=1S/C18H20N6O/c1-4-15(11-14-8-6-5-7-9-14)21-22-17(25)16-20-18-19-12(2)10-13(3)24(18)23-16/h5-11,21H,4H2,1-3H3,(H,22,25)/b15-11-. The van der Waals surface area contributed by atoms with Gasteiger partial charge in [0.2, 0.25) is 5.82 Å². The van der Waals surface area contributed by atoms with Gasteiger partial charge in [0.25, 0.3) is 5.78 Å². The third kappa shape index (κ3) is 3.82. The second-order valence-corrected chi connectivity index (χ2v) is 5.70. The van der Waals surface area contributed by atoms with E-state index in [9.17, 15) is 4.79 Å². The molecular formula is C18H20N6O. The minimum Gasteiger partial charge on any atom is -0.302 e. The number of aryl methyl sites for hydroxylation is 2. The van der Waals surface area contributed by atoms with Crippen LogP contribution in [0.5, 0.6) is 0 Å². The molecule has 7 heteroatoms. The van der Waals surface area contributed by atoms with Gasteiger partial charge in [0, 0.05) is 17.1 Å². The number of nitrogens with zero attached hydrogens (tertiary/aromatic N) is 4. The van der Waals surface area contributed by atoms with Crippen molar-refractivity contribution < 1.29 is 4.79 Å². The van der Waals surface area contributed by atoms with E-state index in [1.165, 1.54) is 0 Å². The predicted molar refractivity (Wildman–Crippen MR) is 95.6 cm³/mol. The van der Waals surface area contributed by atoms with Gasteiger partial charge in [-0.05, 0) is 38.0 Å². The van der Waals surface area contributed by atoms with Crippen LogP contribution in [0.4, 0.5) is 0 Å². The number of fused-ring (bicyclic) bond motifs is 1. The van der Waals surface area contributed by atoms with Crippen molar-refractivity contribution >= 4 is 17.8 Å². The van der Waals surface area contributed by atoms with E-state index < -0.39 is 5.91 Å². The van der Waals surface area contributed by atoms with Gasteiger partial charge in [-0.2, -0.15) is 4.98 Å². The molecular weight excluding hydrogens is 316 g/mol. The summed E-state index contributed by atoms with van der Waals surface area (Å²) < 4.78 is 1.56. The molecule has 2 N–H and O–H groups in total. The molecule has 3 rings (SSSR count). The number of carbonyl (C=O) groups is 1. The average molecular weight is 336 g/mol. The molecule has 0 unspecified atom stereocenters. The van der Waals surface area contributed by atoms with Gasteiger partial charge >= 0.3 is 5.91 Å². The van der Waals surface area contributed by atoms with Crippen molar-refractivity contribution in [2.45, 2.75) is 27.2 Å². The van der Waals surface area contributed by atoms with Gasteiger partial charge in [0.15, 0.2) is 0 Å². The Morgan fingerprint density at radius 2 is 1.92 bits per heavy atom. The summed E-state index contributed by atoms with van der Waals surface area (Å²) in [5.74, 6) is 0.0806. The molecule has 0 saturated heterocycles. The van der Waals surface area contributed by atoms with Crippen molar-refractivity contribution in [2.75, 3.05) is 0 Å². The van der Waals surface area contributed by atoms with Crippen LogP contribution in [0.2, 0.25) is 0 Å². The van der Waals surface area contributed by atoms with Gasteiger partial charge in [-0.1, -0.05) is 37.3 Å². The molecule has 0 fully saturated rings. The van der Waals surface area contributed by atoms with Crippen molar-refractivity contribution in [2.24, 2.45) is 0 Å². The SMILES string of the molecule is CC/C(=C/c1ccccc1)NNC(=O)c1nc2nc(C)cc(C)n2n1. The Kier molecular flexibility index (Phi) is 4.74. The first kappa shape index (κ1) is 16.6. The third-order valence-electron chi connectivity index (χ3n) is 3.68. The van der Waals surface area contributed by atoms with Crippen molar-refractivity contribution in [1.82, 2.24) is 30.4 Å². The molecule has 0 saturated carbocycles. The molecule has 1 aromatic carbocycles. The van der Waals surface area contributed by atoms with Gasteiger partial charge in [-0.3, -0.25) is 10.2 Å². The molecule has 7 nitrogen and oxygen atoms in total. The number of hydrogen-bond acceptors (Lipinski definition) is 5. The molecule has 2 heterocycles. The van der Waals surface area contributed by atoms with E-state index in [1.54, 1.807) is 4.52 Å². The predicted octanol–water partition coefficient (Wildman–Crippen LogP) is 2.43. The first-order chi connectivity index (χ1) is 12.1. The summed E-state index contributed by atoms with van der Waals surface area (Å²) in [6.07, 6.45) is 2.72. The summed E-state index contributed by atoms with van der Waals surface area (Å²) >= 11 is 0. The zero-order valence-corrected chi connectivity index (χ0v) is 14.4. The topological polar surface area (TPSA) is 84.2 Å². The molecule has 3 aromatic rings. The van der Waals surface area contributed by atoms with Crippen LogP contribution in [0.25, 0.3) is 11.9 Å². The highest BCUT2D eigenvalue weighted by atomic mass is 16.2. The van der Waals surface area contributed by atoms with Crippen molar-refractivity contribution in [3.63, 3.8) is 0 Å². The number of amides is 1. The van der Waals surface area contributed by atoms with E-state index in [4.69, 9.17) is 0 Å². The Balaban J connectivity index is 1.74. The van der Waals surface area contributed by atoms with Gasteiger partial charge < -0.3 is 5.43 Å². The number of aromatic nitrogens is 4. The summed E-state index contributed by atoms with van der Waals surface area (Å²) in [6.45, 7) is 5.78. The Labute approximate surface area is 145 Å². The second kappa shape index (κ2) is 7.12. The lowest BCUT2D eigenvalue weighted by molar-refractivity contribution is 0.0928. The molecule has 0 aliphatic carbocycles. The maximum absolute atomic E-state index is 12.3. The fraction of sp³-hybridized carbons (Fsp3) is 0.222. The zero-order chi connectivity index (χ0) is 17.8. The summed E-state index contributed by atoms with van der Waals surface area (Å²) in [4.78, 5) is 20.8. The van der Waals surface area contributed by atoms with Crippen LogP contribution in [0, 0.1) is 13.8 Å². The zero-order valence-electron chi connectivity index (χ0n) is 14.4. The van der Waals surface area contributed by atoms with Crippen LogP contribution >= 0.6 is 0 Å². The first-order valence-electron chi connectivity index (χ1n) is 8.10. The molecule has 0 spiro atoms. The molecule has 1 amide bonds. The second-order valence-electron chi connectivity index (χ2n) is 5.70. The Morgan fingerprint density at radius 3 is 2.64 bits per heavy atom. The molecule has 0 bridgehead atoms. The molecule has 0 aliphatic rings. The molecule has 0 atom stereocenters. The quantitative estimate of drug-likeness (QED) is 0.699. The van der Waals surface area contributed by atoms with Gasteiger partial charge in [0.05, 0.1) is 0 Å². The van der Waals surface area contributed by atoms with Crippen molar-refractivity contribution in [3.8, 4) is 0 Å². The van der Waals surface area contributed by atoms with E-state index in [-0.39, 0.29) is 5.82 Å². The van der Waals surface area contributed by atoms with Gasteiger partial charge in [-0.25, -0.2) is 9.50 Å². The first-order valence-corrected chi connectivity index (χ1v) is 8.10. The number of benzene rings is 1. The van der Waals surface area contributed by atoms with Crippen LogP contribution in [0.3, 0.4) is 0 Å². The highest BCUT2D eigenvalue weighted by Gasteiger charge is 2.14. The number of rotatable bonds is 5. The number of hydrogen-bond donors (Lipinski definition) is 2. The number of nitrogens with one attached hydrogen (secondary N) is 2. The van der Waals surface area contributed by atoms with Crippen LogP contribution in [-0.4, -0.2) is 25.5 Å². The van der Waals surface area contributed by atoms with Crippen LogP contribution in [-0.2, 0) is 0 Å². The lowest BCUT2D eigenvalue weighted by Gasteiger charge is -2.09. The summed E-state index contributed by atoms with van der Waals surface area (Å²) in [7, 11) is 0. The maximum Gasteiger partial charge on any atom is 0.309 e. The molecule has 0 radical (unpaired) electrons. The summed E-state index contributed by atoms with van der Waals surface area (Å²) in [6, 6.07) is 11.8. The van der Waals surface area contributed by atoms with E-state index in [1.807, 2.05) is 63.2 Å². The highest BCUT2D eigenvalue weighted by molar-refractivity contribution is 5.90. The largest absolute Gasteiger partial charge is 0.309 e. The van der Waals surface area contributed by atoms with Crippen LogP contribution in [0.15, 0.2) is 42.1 Å². The highest BCUT2D eigenvalue weighted by Crippen LogP contribution is 2.07. The number of carbonyl (C=O) groups excluding carboxylic acids is 1. The molecule has 128 valence electrons. The number of allylic oxidation sites excluding steroid dienone is 1. The van der Waals surface area contributed by atoms with Crippen LogP contribution < -0.4 is 10.9 Å². The fourth-order valence-electron chi connectivity index (χ4n) is 2.43. The lowest BCUT2D eigenvalue weighted by atomic mass is 10.2. The van der Waals surface area contributed by atoms with Crippen molar-refractivity contribution in [1.29, 1.82) is 0 Å².